The maximum Gasteiger partial charge on any atom is 0.339 e. The summed E-state index contributed by atoms with van der Waals surface area (Å²) in [7, 11) is 0. The minimum Gasteiger partial charge on any atom is -0.490 e. The third kappa shape index (κ3) is 5.66. The molecule has 0 bridgehead atoms. The van der Waals surface area contributed by atoms with Gasteiger partial charge in [-0.3, -0.25) is 14.9 Å². The first-order valence-electron chi connectivity index (χ1n) is 9.12. The summed E-state index contributed by atoms with van der Waals surface area (Å²) in [6.07, 6.45) is -1.22. The van der Waals surface area contributed by atoms with Gasteiger partial charge in [-0.1, -0.05) is 0 Å². The predicted molar refractivity (Wildman–Crippen MR) is 105 cm³/mol. The molecule has 2 aromatic carbocycles. The Balaban J connectivity index is 2.08. The van der Waals surface area contributed by atoms with Gasteiger partial charge >= 0.3 is 11.7 Å². The van der Waals surface area contributed by atoms with Crippen molar-refractivity contribution in [1.82, 2.24) is 0 Å². The smallest absolute Gasteiger partial charge is 0.339 e. The molecule has 0 fully saturated rings. The number of rotatable bonds is 9. The zero-order valence-corrected chi connectivity index (χ0v) is 16.6. The molecule has 1 atom stereocenters. The van der Waals surface area contributed by atoms with E-state index < -0.39 is 34.4 Å². The molecule has 160 valence electrons. The van der Waals surface area contributed by atoms with Crippen LogP contribution in [-0.2, 0) is 9.53 Å². The number of nitrogens with one attached hydrogen (secondary N) is 1. The molecule has 1 N–H and O–H groups in total. The van der Waals surface area contributed by atoms with E-state index in [-0.39, 0.29) is 11.3 Å². The Kier molecular flexibility index (Phi) is 7.68. The summed E-state index contributed by atoms with van der Waals surface area (Å²) in [6.45, 7) is 5.72. The topological polar surface area (TPSA) is 117 Å². The monoisotopic (exact) mass is 420 g/mol. The van der Waals surface area contributed by atoms with Gasteiger partial charge < -0.3 is 19.5 Å². The SMILES string of the molecule is CCOc1ccc(C(=O)O[C@@H](C)C(=O)Nc2ccc(F)c([N+](=O)[O-])c2)cc1OCC. The highest BCUT2D eigenvalue weighted by Gasteiger charge is 2.22. The van der Waals surface area contributed by atoms with Gasteiger partial charge in [0.1, 0.15) is 0 Å². The van der Waals surface area contributed by atoms with Crippen molar-refractivity contribution in [2.24, 2.45) is 0 Å². The molecule has 0 aliphatic carbocycles. The van der Waals surface area contributed by atoms with Crippen molar-refractivity contribution in [3.8, 4) is 11.5 Å². The summed E-state index contributed by atoms with van der Waals surface area (Å²) in [5.74, 6) is -1.70. The first-order chi connectivity index (χ1) is 14.3. The summed E-state index contributed by atoms with van der Waals surface area (Å²) in [6, 6.07) is 7.39. The van der Waals surface area contributed by atoms with Crippen molar-refractivity contribution in [2.45, 2.75) is 26.9 Å². The van der Waals surface area contributed by atoms with Crippen molar-refractivity contribution >= 4 is 23.3 Å². The van der Waals surface area contributed by atoms with Gasteiger partial charge in [-0.25, -0.2) is 4.79 Å². The van der Waals surface area contributed by atoms with Gasteiger partial charge in [-0.2, -0.15) is 4.39 Å². The molecular formula is C20H21FN2O7. The second-order valence-corrected chi connectivity index (χ2v) is 5.99. The van der Waals surface area contributed by atoms with Crippen LogP contribution in [0.3, 0.4) is 0 Å². The van der Waals surface area contributed by atoms with E-state index >= 15 is 0 Å². The Morgan fingerprint density at radius 2 is 1.77 bits per heavy atom. The number of nitro benzene ring substituents is 1. The number of hydrogen-bond acceptors (Lipinski definition) is 7. The number of amides is 1. The van der Waals surface area contributed by atoms with Gasteiger partial charge in [0, 0.05) is 11.8 Å². The van der Waals surface area contributed by atoms with Crippen LogP contribution in [0.25, 0.3) is 0 Å². The minimum absolute atomic E-state index is 0.00398. The maximum atomic E-state index is 13.4. The quantitative estimate of drug-likeness (QED) is 0.373. The Labute approximate surface area is 171 Å². The second-order valence-electron chi connectivity index (χ2n) is 5.99. The number of ether oxygens (including phenoxy) is 3. The lowest BCUT2D eigenvalue weighted by molar-refractivity contribution is -0.387. The van der Waals surface area contributed by atoms with E-state index in [1.165, 1.54) is 19.1 Å². The van der Waals surface area contributed by atoms with E-state index in [0.717, 1.165) is 18.2 Å². The molecule has 1 amide bonds. The lowest BCUT2D eigenvalue weighted by atomic mass is 10.2. The molecule has 0 saturated heterocycles. The molecule has 9 nitrogen and oxygen atoms in total. The molecule has 0 aliphatic heterocycles. The predicted octanol–water partition coefficient (Wildman–Crippen LogP) is 3.72. The van der Waals surface area contributed by atoms with Gasteiger partial charge in [0.05, 0.1) is 23.7 Å². The molecule has 0 aromatic heterocycles. The van der Waals surface area contributed by atoms with Crippen LogP contribution in [0, 0.1) is 15.9 Å². The number of carbonyl (C=O) groups excluding carboxylic acids is 2. The van der Waals surface area contributed by atoms with Crippen LogP contribution in [0.5, 0.6) is 11.5 Å². The standard InChI is InChI=1S/C20H21FN2O7/c1-4-28-17-9-6-13(10-18(17)29-5-2)20(25)30-12(3)19(24)22-14-7-8-15(21)16(11-14)23(26)27/h6-12H,4-5H2,1-3H3,(H,22,24)/t12-/m0/s1. The highest BCUT2D eigenvalue weighted by Crippen LogP contribution is 2.29. The molecule has 0 aliphatic rings. The van der Waals surface area contributed by atoms with Crippen LogP contribution >= 0.6 is 0 Å². The summed E-state index contributed by atoms with van der Waals surface area (Å²) < 4.78 is 29.4. The molecule has 2 aromatic rings. The van der Waals surface area contributed by atoms with Crippen molar-refractivity contribution in [2.75, 3.05) is 18.5 Å². The van der Waals surface area contributed by atoms with Crippen molar-refractivity contribution in [1.29, 1.82) is 0 Å². The number of hydrogen-bond donors (Lipinski definition) is 1. The van der Waals surface area contributed by atoms with Gasteiger partial charge in [0.15, 0.2) is 17.6 Å². The van der Waals surface area contributed by atoms with Gasteiger partial charge in [0.25, 0.3) is 5.91 Å². The normalized spacial score (nSPS) is 11.3. The first-order valence-corrected chi connectivity index (χ1v) is 9.12. The van der Waals surface area contributed by atoms with Crippen LogP contribution in [0.15, 0.2) is 36.4 Å². The van der Waals surface area contributed by atoms with E-state index in [0.29, 0.717) is 24.7 Å². The molecule has 0 spiro atoms. The molecule has 0 radical (unpaired) electrons. The average molecular weight is 420 g/mol. The number of anilines is 1. The zero-order valence-electron chi connectivity index (χ0n) is 16.6. The number of nitro groups is 1. The fourth-order valence-corrected chi connectivity index (χ4v) is 2.43. The van der Waals surface area contributed by atoms with Gasteiger partial charge in [-0.05, 0) is 51.1 Å². The van der Waals surface area contributed by atoms with E-state index in [1.807, 2.05) is 6.92 Å². The highest BCUT2D eigenvalue weighted by molar-refractivity contribution is 5.97. The van der Waals surface area contributed by atoms with E-state index in [2.05, 4.69) is 5.32 Å². The van der Waals surface area contributed by atoms with Crippen molar-refractivity contribution in [3.05, 3.63) is 57.9 Å². The molecule has 0 unspecified atom stereocenters. The Morgan fingerprint density at radius 3 is 2.40 bits per heavy atom. The number of esters is 1. The molecule has 2 rings (SSSR count). The van der Waals surface area contributed by atoms with Crippen LogP contribution in [0.1, 0.15) is 31.1 Å². The fraction of sp³-hybridized carbons (Fsp3) is 0.300. The molecule has 10 heteroatoms. The number of benzene rings is 2. The average Bonchev–Trinajstić information content (AvgIpc) is 2.70. The van der Waals surface area contributed by atoms with Crippen LogP contribution in [0.2, 0.25) is 0 Å². The summed E-state index contributed by atoms with van der Waals surface area (Å²) >= 11 is 0. The number of nitrogens with zero attached hydrogens (tertiary/aromatic N) is 1. The largest absolute Gasteiger partial charge is 0.490 e. The molecule has 30 heavy (non-hydrogen) atoms. The summed E-state index contributed by atoms with van der Waals surface area (Å²) in [5, 5.41) is 13.1. The second kappa shape index (κ2) is 10.2. The van der Waals surface area contributed by atoms with Crippen LogP contribution in [0.4, 0.5) is 15.8 Å². The van der Waals surface area contributed by atoms with Crippen molar-refractivity contribution < 1.29 is 33.1 Å². The maximum absolute atomic E-state index is 13.4. The number of carbonyl (C=O) groups is 2. The molecule has 0 heterocycles. The van der Waals surface area contributed by atoms with E-state index in [1.54, 1.807) is 13.0 Å². The van der Waals surface area contributed by atoms with E-state index in [4.69, 9.17) is 14.2 Å². The fourth-order valence-electron chi connectivity index (χ4n) is 2.43. The summed E-state index contributed by atoms with van der Waals surface area (Å²) in [4.78, 5) is 34.5. The lowest BCUT2D eigenvalue weighted by Crippen LogP contribution is -2.30. The highest BCUT2D eigenvalue weighted by atomic mass is 19.1. The van der Waals surface area contributed by atoms with Crippen molar-refractivity contribution in [3.63, 3.8) is 0 Å². The zero-order chi connectivity index (χ0) is 22.3. The summed E-state index contributed by atoms with van der Waals surface area (Å²) in [5.41, 5.74) is -0.634. The Hall–Kier alpha value is -3.69. The third-order valence-corrected chi connectivity index (χ3v) is 3.84. The minimum atomic E-state index is -1.22. The number of halogens is 1. The molecule has 0 saturated carbocycles. The molecular weight excluding hydrogens is 399 g/mol. The lowest BCUT2D eigenvalue weighted by Gasteiger charge is -2.15. The Bertz CT molecular complexity index is 949. The van der Waals surface area contributed by atoms with Gasteiger partial charge in [-0.15, -0.1) is 0 Å². The first kappa shape index (κ1) is 22.6. The van der Waals surface area contributed by atoms with Crippen LogP contribution < -0.4 is 14.8 Å². The van der Waals surface area contributed by atoms with E-state index in [9.17, 15) is 24.1 Å². The van der Waals surface area contributed by atoms with Crippen LogP contribution in [-0.4, -0.2) is 36.1 Å². The Morgan fingerprint density at radius 1 is 1.10 bits per heavy atom. The third-order valence-electron chi connectivity index (χ3n) is 3.84. The van der Waals surface area contributed by atoms with Gasteiger partial charge in [0.2, 0.25) is 5.82 Å².